The summed E-state index contributed by atoms with van der Waals surface area (Å²) >= 11 is 0. The summed E-state index contributed by atoms with van der Waals surface area (Å²) in [5, 5.41) is 0. The van der Waals surface area contributed by atoms with Crippen LogP contribution in [0.4, 0.5) is 10.1 Å². The van der Waals surface area contributed by atoms with E-state index in [0.29, 0.717) is 22.6 Å². The van der Waals surface area contributed by atoms with Crippen LogP contribution in [0.15, 0.2) is 42.5 Å². The van der Waals surface area contributed by atoms with Gasteiger partial charge in [0.25, 0.3) is 0 Å². The number of hydrogen-bond acceptors (Lipinski definition) is 3. The van der Waals surface area contributed by atoms with Gasteiger partial charge in [-0.2, -0.15) is 0 Å². The number of halogens is 1. The molecule has 19 heavy (non-hydrogen) atoms. The number of nitrogen functional groups attached to an aromatic ring is 1. The SMILES string of the molecule is CC(=O)c1ccc(OCc2ccccc2F)c(N)c1. The van der Waals surface area contributed by atoms with Crippen molar-refractivity contribution in [3.8, 4) is 5.75 Å². The lowest BCUT2D eigenvalue weighted by Crippen LogP contribution is -2.02. The van der Waals surface area contributed by atoms with Crippen molar-refractivity contribution in [2.45, 2.75) is 13.5 Å². The Labute approximate surface area is 110 Å². The van der Waals surface area contributed by atoms with Crippen LogP contribution in [0.3, 0.4) is 0 Å². The van der Waals surface area contributed by atoms with Gasteiger partial charge in [-0.25, -0.2) is 4.39 Å². The number of anilines is 1. The molecule has 0 aliphatic heterocycles. The molecule has 0 spiro atoms. The van der Waals surface area contributed by atoms with Crippen molar-refractivity contribution in [3.63, 3.8) is 0 Å². The van der Waals surface area contributed by atoms with Crippen molar-refractivity contribution in [1.29, 1.82) is 0 Å². The van der Waals surface area contributed by atoms with E-state index in [0.717, 1.165) is 0 Å². The van der Waals surface area contributed by atoms with Crippen molar-refractivity contribution < 1.29 is 13.9 Å². The Morgan fingerprint density at radius 3 is 2.63 bits per heavy atom. The maximum Gasteiger partial charge on any atom is 0.159 e. The molecule has 98 valence electrons. The summed E-state index contributed by atoms with van der Waals surface area (Å²) in [6.45, 7) is 1.56. The topological polar surface area (TPSA) is 52.3 Å². The lowest BCUT2D eigenvalue weighted by Gasteiger charge is -2.10. The second-order valence-electron chi connectivity index (χ2n) is 4.19. The minimum absolute atomic E-state index is 0.0626. The molecule has 2 aromatic carbocycles. The molecule has 0 amide bonds. The predicted molar refractivity (Wildman–Crippen MR) is 71.6 cm³/mol. The van der Waals surface area contributed by atoms with Gasteiger partial charge in [0, 0.05) is 11.1 Å². The molecule has 2 aromatic rings. The van der Waals surface area contributed by atoms with E-state index in [1.807, 2.05) is 0 Å². The van der Waals surface area contributed by atoms with E-state index in [4.69, 9.17) is 10.5 Å². The lowest BCUT2D eigenvalue weighted by atomic mass is 10.1. The van der Waals surface area contributed by atoms with Gasteiger partial charge in [0.15, 0.2) is 5.78 Å². The van der Waals surface area contributed by atoms with Crippen LogP contribution in [0, 0.1) is 5.82 Å². The van der Waals surface area contributed by atoms with Gasteiger partial charge in [-0.15, -0.1) is 0 Å². The molecule has 4 heteroatoms. The molecule has 0 fully saturated rings. The molecular formula is C15H14FNO2. The number of ketones is 1. The van der Waals surface area contributed by atoms with E-state index >= 15 is 0 Å². The molecule has 0 aliphatic rings. The fourth-order valence-electron chi connectivity index (χ4n) is 1.67. The quantitative estimate of drug-likeness (QED) is 0.677. The Morgan fingerprint density at radius 1 is 1.26 bits per heavy atom. The van der Waals surface area contributed by atoms with Gasteiger partial charge in [-0.1, -0.05) is 18.2 Å². The number of ether oxygens (including phenoxy) is 1. The number of benzene rings is 2. The van der Waals surface area contributed by atoms with Gasteiger partial charge in [0.05, 0.1) is 5.69 Å². The predicted octanol–water partition coefficient (Wildman–Crippen LogP) is 3.19. The Bertz CT molecular complexity index is 611. The highest BCUT2D eigenvalue weighted by atomic mass is 19.1. The average molecular weight is 259 g/mol. The van der Waals surface area contributed by atoms with Crippen LogP contribution in [-0.2, 0) is 6.61 Å². The van der Waals surface area contributed by atoms with Crippen LogP contribution in [0.1, 0.15) is 22.8 Å². The summed E-state index contributed by atoms with van der Waals surface area (Å²) in [6, 6.07) is 11.2. The third-order valence-corrected chi connectivity index (χ3v) is 2.76. The standard InChI is InChI=1S/C15H14FNO2/c1-10(18)11-6-7-15(14(17)8-11)19-9-12-4-2-3-5-13(12)16/h2-8H,9,17H2,1H3. The van der Waals surface area contributed by atoms with Gasteiger partial charge < -0.3 is 10.5 Å². The molecule has 2 N–H and O–H groups in total. The number of nitrogens with two attached hydrogens (primary N) is 1. The van der Waals surface area contributed by atoms with Crippen molar-refractivity contribution >= 4 is 11.5 Å². The first-order chi connectivity index (χ1) is 9.08. The molecule has 0 saturated carbocycles. The third kappa shape index (κ3) is 3.10. The molecule has 3 nitrogen and oxygen atoms in total. The number of rotatable bonds is 4. The van der Waals surface area contributed by atoms with Gasteiger partial charge in [-0.05, 0) is 31.2 Å². The Balaban J connectivity index is 2.12. The maximum atomic E-state index is 13.4. The van der Waals surface area contributed by atoms with Crippen molar-refractivity contribution in [1.82, 2.24) is 0 Å². The van der Waals surface area contributed by atoms with Gasteiger partial charge in [0.1, 0.15) is 18.2 Å². The summed E-state index contributed by atoms with van der Waals surface area (Å²) < 4.78 is 18.9. The van der Waals surface area contributed by atoms with Crippen molar-refractivity contribution in [2.75, 3.05) is 5.73 Å². The zero-order chi connectivity index (χ0) is 13.8. The second kappa shape index (κ2) is 5.52. The molecule has 0 saturated heterocycles. The maximum absolute atomic E-state index is 13.4. The van der Waals surface area contributed by atoms with Crippen LogP contribution in [0.25, 0.3) is 0 Å². The highest BCUT2D eigenvalue weighted by Gasteiger charge is 2.07. The molecular weight excluding hydrogens is 245 g/mol. The molecule has 2 rings (SSSR count). The first kappa shape index (κ1) is 13.1. The largest absolute Gasteiger partial charge is 0.487 e. The van der Waals surface area contributed by atoms with Gasteiger partial charge >= 0.3 is 0 Å². The van der Waals surface area contributed by atoms with E-state index in [1.165, 1.54) is 13.0 Å². The number of carbonyl (C=O) groups excluding carboxylic acids is 1. The Kier molecular flexibility index (Phi) is 3.80. The highest BCUT2D eigenvalue weighted by Crippen LogP contribution is 2.24. The summed E-state index contributed by atoms with van der Waals surface area (Å²) in [5.74, 6) is 0.0574. The Hall–Kier alpha value is -2.36. The molecule has 0 atom stereocenters. The van der Waals surface area contributed by atoms with Crippen LogP contribution in [0.5, 0.6) is 5.75 Å². The molecule has 0 aliphatic carbocycles. The highest BCUT2D eigenvalue weighted by molar-refractivity contribution is 5.95. The summed E-state index contributed by atoms with van der Waals surface area (Å²) in [6.07, 6.45) is 0. The second-order valence-corrected chi connectivity index (χ2v) is 4.19. The lowest BCUT2D eigenvalue weighted by molar-refractivity contribution is 0.101. The van der Waals surface area contributed by atoms with E-state index < -0.39 is 0 Å². The van der Waals surface area contributed by atoms with Crippen LogP contribution in [0.2, 0.25) is 0 Å². The minimum Gasteiger partial charge on any atom is -0.487 e. The normalized spacial score (nSPS) is 10.2. The first-order valence-corrected chi connectivity index (χ1v) is 5.84. The van der Waals surface area contributed by atoms with Gasteiger partial charge in [0.2, 0.25) is 0 Å². The zero-order valence-electron chi connectivity index (χ0n) is 10.5. The summed E-state index contributed by atoms with van der Waals surface area (Å²) in [5.41, 5.74) is 7.14. The van der Waals surface area contributed by atoms with E-state index in [1.54, 1.807) is 36.4 Å². The molecule has 0 aromatic heterocycles. The van der Waals surface area contributed by atoms with Crippen LogP contribution >= 0.6 is 0 Å². The first-order valence-electron chi connectivity index (χ1n) is 5.84. The number of Topliss-reactive ketones (excluding diaryl/α,β-unsaturated/α-hetero) is 1. The summed E-state index contributed by atoms with van der Waals surface area (Å²) in [4.78, 5) is 11.2. The number of carbonyl (C=O) groups is 1. The van der Waals surface area contributed by atoms with Crippen molar-refractivity contribution in [3.05, 3.63) is 59.4 Å². The molecule has 0 unspecified atom stereocenters. The number of hydrogen-bond donors (Lipinski definition) is 1. The van der Waals surface area contributed by atoms with E-state index in [2.05, 4.69) is 0 Å². The van der Waals surface area contributed by atoms with Gasteiger partial charge in [-0.3, -0.25) is 4.79 Å². The molecule has 0 bridgehead atoms. The third-order valence-electron chi connectivity index (χ3n) is 2.76. The molecule has 0 heterocycles. The fraction of sp³-hybridized carbons (Fsp3) is 0.133. The van der Waals surface area contributed by atoms with E-state index in [-0.39, 0.29) is 18.2 Å². The smallest absolute Gasteiger partial charge is 0.159 e. The fourth-order valence-corrected chi connectivity index (χ4v) is 1.67. The molecule has 0 radical (unpaired) electrons. The minimum atomic E-state index is -0.318. The summed E-state index contributed by atoms with van der Waals surface area (Å²) in [7, 11) is 0. The van der Waals surface area contributed by atoms with Crippen LogP contribution < -0.4 is 10.5 Å². The van der Waals surface area contributed by atoms with Crippen molar-refractivity contribution in [2.24, 2.45) is 0 Å². The zero-order valence-corrected chi connectivity index (χ0v) is 10.5. The van der Waals surface area contributed by atoms with Crippen LogP contribution in [-0.4, -0.2) is 5.78 Å². The monoisotopic (exact) mass is 259 g/mol. The Morgan fingerprint density at radius 2 is 2.00 bits per heavy atom. The average Bonchev–Trinajstić information content (AvgIpc) is 2.39. The van der Waals surface area contributed by atoms with E-state index in [9.17, 15) is 9.18 Å².